The minimum absolute atomic E-state index is 0.0240. The van der Waals surface area contributed by atoms with Gasteiger partial charge in [-0.15, -0.1) is 0 Å². The number of para-hydroxylation sites is 1. The van der Waals surface area contributed by atoms with Gasteiger partial charge in [-0.25, -0.2) is 13.6 Å². The van der Waals surface area contributed by atoms with Gasteiger partial charge in [0.2, 0.25) is 15.9 Å². The molecule has 8 heteroatoms. The molecule has 0 aromatic heterocycles. The van der Waals surface area contributed by atoms with Crippen molar-refractivity contribution in [2.45, 2.75) is 50.1 Å². The number of carbonyl (C=O) groups excluding carboxylic acids is 1. The number of anilines is 1. The van der Waals surface area contributed by atoms with Crippen molar-refractivity contribution in [3.8, 4) is 0 Å². The number of benzene rings is 2. The molecule has 0 bridgehead atoms. The zero-order chi connectivity index (χ0) is 23.1. The summed E-state index contributed by atoms with van der Waals surface area (Å²) in [4.78, 5) is 17.3. The largest absolute Gasteiger partial charge is 0.371 e. The standard InChI is InChI=1S/C24H34N4O3S/c1-19(24(29)26-15-14-20-10-12-22(13-11-20)32(25,30)31)27(2)18-21-8-4-5-9-23(21)28-16-6-3-7-17-28/h4-5,8-13,19H,3,6-7,14-18H2,1-2H3,(H,26,29)(H2,25,30,31)/t19-/m0/s1. The molecule has 32 heavy (non-hydrogen) atoms. The number of nitrogens with zero attached hydrogens (tertiary/aromatic N) is 2. The summed E-state index contributed by atoms with van der Waals surface area (Å²) in [5, 5.41) is 8.11. The Morgan fingerprint density at radius 3 is 2.41 bits per heavy atom. The molecule has 174 valence electrons. The quantitative estimate of drug-likeness (QED) is 0.602. The monoisotopic (exact) mass is 458 g/mol. The van der Waals surface area contributed by atoms with Crippen LogP contribution in [-0.4, -0.2) is 51.9 Å². The van der Waals surface area contributed by atoms with Gasteiger partial charge in [-0.3, -0.25) is 9.69 Å². The molecule has 0 saturated carbocycles. The summed E-state index contributed by atoms with van der Waals surface area (Å²) < 4.78 is 22.7. The van der Waals surface area contributed by atoms with E-state index >= 15 is 0 Å². The van der Waals surface area contributed by atoms with Gasteiger partial charge in [-0.05, 0) is 69.0 Å². The number of nitrogens with one attached hydrogen (secondary N) is 1. The minimum atomic E-state index is -3.69. The van der Waals surface area contributed by atoms with Gasteiger partial charge >= 0.3 is 0 Å². The van der Waals surface area contributed by atoms with Crippen LogP contribution in [0.5, 0.6) is 0 Å². The van der Waals surface area contributed by atoms with Crippen molar-refractivity contribution in [2.75, 3.05) is 31.6 Å². The molecule has 3 rings (SSSR count). The first-order valence-corrected chi connectivity index (χ1v) is 12.7. The van der Waals surface area contributed by atoms with Gasteiger partial charge in [0.05, 0.1) is 10.9 Å². The van der Waals surface area contributed by atoms with Crippen LogP contribution in [0.2, 0.25) is 0 Å². The zero-order valence-electron chi connectivity index (χ0n) is 19.0. The molecule has 1 atom stereocenters. The lowest BCUT2D eigenvalue weighted by molar-refractivity contribution is -0.125. The van der Waals surface area contributed by atoms with E-state index in [1.807, 2.05) is 14.0 Å². The average Bonchev–Trinajstić information content (AvgIpc) is 2.79. The van der Waals surface area contributed by atoms with Crippen molar-refractivity contribution in [3.05, 3.63) is 59.7 Å². The van der Waals surface area contributed by atoms with E-state index in [2.05, 4.69) is 39.4 Å². The van der Waals surface area contributed by atoms with Crippen LogP contribution in [0.4, 0.5) is 5.69 Å². The number of hydrogen-bond donors (Lipinski definition) is 2. The maximum Gasteiger partial charge on any atom is 0.238 e. The summed E-state index contributed by atoms with van der Waals surface area (Å²) in [6.07, 6.45) is 4.37. The highest BCUT2D eigenvalue weighted by molar-refractivity contribution is 7.89. The lowest BCUT2D eigenvalue weighted by atomic mass is 10.1. The molecule has 1 fully saturated rings. The van der Waals surface area contributed by atoms with Crippen LogP contribution in [0.25, 0.3) is 0 Å². The number of hydrogen-bond acceptors (Lipinski definition) is 5. The van der Waals surface area contributed by atoms with E-state index in [9.17, 15) is 13.2 Å². The molecule has 0 unspecified atom stereocenters. The topological polar surface area (TPSA) is 95.7 Å². The van der Waals surface area contributed by atoms with Crippen molar-refractivity contribution >= 4 is 21.6 Å². The predicted molar refractivity (Wildman–Crippen MR) is 128 cm³/mol. The molecule has 0 spiro atoms. The Hall–Kier alpha value is -2.42. The van der Waals surface area contributed by atoms with Gasteiger partial charge in [0.15, 0.2) is 0 Å². The zero-order valence-corrected chi connectivity index (χ0v) is 19.8. The van der Waals surface area contributed by atoms with Crippen molar-refractivity contribution in [3.63, 3.8) is 0 Å². The van der Waals surface area contributed by atoms with Gasteiger partial charge < -0.3 is 10.2 Å². The SMILES string of the molecule is C[C@@H](C(=O)NCCc1ccc(S(N)(=O)=O)cc1)N(C)Cc1ccccc1N1CCCCC1. The highest BCUT2D eigenvalue weighted by atomic mass is 32.2. The first-order valence-electron chi connectivity index (χ1n) is 11.2. The Balaban J connectivity index is 1.51. The number of amides is 1. The molecule has 1 saturated heterocycles. The summed E-state index contributed by atoms with van der Waals surface area (Å²) >= 11 is 0. The molecule has 1 heterocycles. The normalized spacial score (nSPS) is 15.6. The fourth-order valence-corrected chi connectivity index (χ4v) is 4.53. The lowest BCUT2D eigenvalue weighted by Crippen LogP contribution is -2.43. The number of piperidine rings is 1. The average molecular weight is 459 g/mol. The van der Waals surface area contributed by atoms with Crippen LogP contribution in [0.3, 0.4) is 0 Å². The number of sulfonamides is 1. The summed E-state index contributed by atoms with van der Waals surface area (Å²) in [5.41, 5.74) is 3.45. The number of rotatable bonds is 9. The smallest absolute Gasteiger partial charge is 0.238 e. The van der Waals surface area contributed by atoms with Crippen LogP contribution in [-0.2, 0) is 27.8 Å². The molecule has 1 aliphatic rings. The Kier molecular flexibility index (Phi) is 8.28. The molecule has 0 radical (unpaired) electrons. The third-order valence-electron chi connectivity index (χ3n) is 6.11. The summed E-state index contributed by atoms with van der Waals surface area (Å²) in [6.45, 7) is 5.29. The first kappa shape index (κ1) is 24.2. The van der Waals surface area contributed by atoms with Gasteiger partial charge in [0.1, 0.15) is 0 Å². The summed E-state index contributed by atoms with van der Waals surface area (Å²) in [6, 6.07) is 14.6. The summed E-state index contributed by atoms with van der Waals surface area (Å²) in [5.74, 6) is -0.0240. The first-order chi connectivity index (χ1) is 15.3. The molecular weight excluding hydrogens is 424 g/mol. The van der Waals surface area contributed by atoms with Gasteiger partial charge in [-0.1, -0.05) is 30.3 Å². The van der Waals surface area contributed by atoms with Crippen LogP contribution in [0.15, 0.2) is 53.4 Å². The van der Waals surface area contributed by atoms with Crippen molar-refractivity contribution in [1.82, 2.24) is 10.2 Å². The third-order valence-corrected chi connectivity index (χ3v) is 7.04. The van der Waals surface area contributed by atoms with E-state index in [4.69, 9.17) is 5.14 Å². The van der Waals surface area contributed by atoms with Gasteiger partial charge in [0.25, 0.3) is 0 Å². The van der Waals surface area contributed by atoms with E-state index < -0.39 is 10.0 Å². The van der Waals surface area contributed by atoms with E-state index in [0.717, 1.165) is 18.7 Å². The second-order valence-electron chi connectivity index (χ2n) is 8.50. The van der Waals surface area contributed by atoms with E-state index in [0.29, 0.717) is 19.5 Å². The highest BCUT2D eigenvalue weighted by Gasteiger charge is 2.20. The third kappa shape index (κ3) is 6.54. The Morgan fingerprint density at radius 2 is 1.75 bits per heavy atom. The number of likely N-dealkylation sites (N-methyl/N-ethyl adjacent to an activating group) is 1. The Bertz CT molecular complexity index is 1000. The second kappa shape index (κ2) is 10.9. The fraction of sp³-hybridized carbons (Fsp3) is 0.458. The fourth-order valence-electron chi connectivity index (χ4n) is 4.02. The molecule has 1 aliphatic heterocycles. The van der Waals surface area contributed by atoms with Crippen LogP contribution >= 0.6 is 0 Å². The maximum absolute atomic E-state index is 12.7. The van der Waals surface area contributed by atoms with E-state index in [1.165, 1.54) is 42.6 Å². The molecule has 7 nitrogen and oxygen atoms in total. The summed E-state index contributed by atoms with van der Waals surface area (Å²) in [7, 11) is -1.71. The minimum Gasteiger partial charge on any atom is -0.371 e. The van der Waals surface area contributed by atoms with Crippen LogP contribution in [0, 0.1) is 0 Å². The van der Waals surface area contributed by atoms with Crippen LogP contribution < -0.4 is 15.4 Å². The number of primary sulfonamides is 1. The molecular formula is C24H34N4O3S. The van der Waals surface area contributed by atoms with Crippen LogP contribution in [0.1, 0.15) is 37.3 Å². The predicted octanol–water partition coefficient (Wildman–Crippen LogP) is 2.50. The Morgan fingerprint density at radius 1 is 1.09 bits per heavy atom. The maximum atomic E-state index is 12.7. The van der Waals surface area contributed by atoms with Crippen molar-refractivity contribution in [2.24, 2.45) is 5.14 Å². The Labute approximate surface area is 191 Å². The number of carbonyl (C=O) groups is 1. The molecule has 2 aromatic carbocycles. The van der Waals surface area contributed by atoms with Gasteiger partial charge in [-0.2, -0.15) is 0 Å². The van der Waals surface area contributed by atoms with Crippen molar-refractivity contribution < 1.29 is 13.2 Å². The number of nitrogens with two attached hydrogens (primary N) is 1. The highest BCUT2D eigenvalue weighted by Crippen LogP contribution is 2.25. The van der Waals surface area contributed by atoms with E-state index in [-0.39, 0.29) is 16.8 Å². The van der Waals surface area contributed by atoms with E-state index in [1.54, 1.807) is 12.1 Å². The second-order valence-corrected chi connectivity index (χ2v) is 10.1. The molecule has 1 amide bonds. The van der Waals surface area contributed by atoms with Crippen molar-refractivity contribution in [1.29, 1.82) is 0 Å². The lowest BCUT2D eigenvalue weighted by Gasteiger charge is -2.32. The molecule has 0 aliphatic carbocycles. The molecule has 3 N–H and O–H groups in total. The van der Waals surface area contributed by atoms with Gasteiger partial charge in [0, 0.05) is 31.9 Å². The molecule has 2 aromatic rings.